The van der Waals surface area contributed by atoms with Crippen LogP contribution in [0.1, 0.15) is 15.9 Å². The molecule has 0 radical (unpaired) electrons. The van der Waals surface area contributed by atoms with Gasteiger partial charge in [-0.05, 0) is 48.0 Å². The van der Waals surface area contributed by atoms with E-state index >= 15 is 0 Å². The van der Waals surface area contributed by atoms with Crippen LogP contribution in [0.5, 0.6) is 11.5 Å². The number of amides is 1. The molecule has 3 aromatic carbocycles. The van der Waals surface area contributed by atoms with Gasteiger partial charge in [0.1, 0.15) is 10.8 Å². The van der Waals surface area contributed by atoms with Gasteiger partial charge < -0.3 is 14.8 Å². The first-order chi connectivity index (χ1) is 15.2. The fourth-order valence-electron chi connectivity index (χ4n) is 3.25. The molecule has 0 saturated heterocycles. The zero-order chi connectivity index (χ0) is 21.2. The van der Waals surface area contributed by atoms with Crippen LogP contribution in [0.3, 0.4) is 0 Å². The van der Waals surface area contributed by atoms with E-state index < -0.39 is 0 Å². The first-order valence-corrected chi connectivity index (χ1v) is 10.5. The molecule has 7 heteroatoms. The second kappa shape index (κ2) is 8.20. The molecule has 1 aliphatic rings. The van der Waals surface area contributed by atoms with Crippen LogP contribution in [-0.2, 0) is 6.54 Å². The van der Waals surface area contributed by atoms with Gasteiger partial charge in [-0.2, -0.15) is 0 Å². The Morgan fingerprint density at radius 3 is 2.52 bits per heavy atom. The summed E-state index contributed by atoms with van der Waals surface area (Å²) in [5.41, 5.74) is 4.26. The van der Waals surface area contributed by atoms with Crippen LogP contribution in [0.15, 0.2) is 72.1 Å². The zero-order valence-corrected chi connectivity index (χ0v) is 17.1. The Labute approximate surface area is 182 Å². The van der Waals surface area contributed by atoms with E-state index in [1.54, 1.807) is 11.3 Å². The molecule has 4 aromatic rings. The minimum Gasteiger partial charge on any atom is -0.454 e. The third-order valence-corrected chi connectivity index (χ3v) is 5.82. The lowest BCUT2D eigenvalue weighted by Crippen LogP contribution is -2.22. The molecule has 0 saturated carbocycles. The van der Waals surface area contributed by atoms with Crippen LogP contribution >= 0.6 is 11.3 Å². The zero-order valence-electron chi connectivity index (χ0n) is 16.3. The van der Waals surface area contributed by atoms with Crippen molar-refractivity contribution in [1.82, 2.24) is 10.3 Å². The van der Waals surface area contributed by atoms with Crippen molar-refractivity contribution in [3.8, 4) is 33.3 Å². The maximum absolute atomic E-state index is 13.0. The molecule has 1 aliphatic heterocycles. The molecule has 0 aliphatic carbocycles. The molecule has 0 spiro atoms. The van der Waals surface area contributed by atoms with Crippen molar-refractivity contribution in [2.45, 2.75) is 6.54 Å². The number of carbonyl (C=O) groups is 1. The highest BCUT2D eigenvalue weighted by atomic mass is 32.1. The second-order valence-electron chi connectivity index (χ2n) is 6.99. The van der Waals surface area contributed by atoms with Gasteiger partial charge >= 0.3 is 0 Å². The first-order valence-electron chi connectivity index (χ1n) is 9.64. The van der Waals surface area contributed by atoms with Gasteiger partial charge in [-0.1, -0.05) is 24.3 Å². The van der Waals surface area contributed by atoms with Crippen LogP contribution in [-0.4, -0.2) is 17.7 Å². The van der Waals surface area contributed by atoms with Gasteiger partial charge in [0, 0.05) is 28.6 Å². The third-order valence-electron chi connectivity index (χ3n) is 4.93. The Morgan fingerprint density at radius 2 is 1.71 bits per heavy atom. The molecule has 31 heavy (non-hydrogen) atoms. The molecule has 0 bridgehead atoms. The number of halogens is 1. The van der Waals surface area contributed by atoms with E-state index in [0.29, 0.717) is 12.1 Å². The quantitative estimate of drug-likeness (QED) is 0.466. The molecular weight excluding hydrogens is 415 g/mol. The Morgan fingerprint density at radius 1 is 0.968 bits per heavy atom. The summed E-state index contributed by atoms with van der Waals surface area (Å²) in [5.74, 6) is 0.883. The van der Waals surface area contributed by atoms with Crippen molar-refractivity contribution >= 4 is 17.2 Å². The van der Waals surface area contributed by atoms with Crippen molar-refractivity contribution in [1.29, 1.82) is 0 Å². The lowest BCUT2D eigenvalue weighted by molar-refractivity contribution is 0.0951. The maximum atomic E-state index is 13.0. The molecule has 2 heterocycles. The predicted octanol–water partition coefficient (Wildman–Crippen LogP) is 5.27. The number of fused-ring (bicyclic) bond motifs is 1. The normalized spacial score (nSPS) is 12.0. The summed E-state index contributed by atoms with van der Waals surface area (Å²) in [7, 11) is 0. The molecule has 1 amide bonds. The highest BCUT2D eigenvalue weighted by Gasteiger charge is 2.15. The standard InChI is InChI=1S/C24H17FN2O3S/c25-19-8-5-16(6-9-19)23(28)26-12-15-1-3-17(4-2-15)24-27-20(13-31-24)18-7-10-21-22(11-18)30-14-29-21/h1-11,13H,12,14H2,(H,26,28). The molecule has 1 N–H and O–H groups in total. The number of nitrogens with one attached hydrogen (secondary N) is 1. The van der Waals surface area contributed by atoms with Gasteiger partial charge in [0.15, 0.2) is 11.5 Å². The lowest BCUT2D eigenvalue weighted by atomic mass is 10.1. The van der Waals surface area contributed by atoms with E-state index in [2.05, 4.69) is 5.32 Å². The molecule has 1 aromatic heterocycles. The van der Waals surface area contributed by atoms with Gasteiger partial charge in [-0.25, -0.2) is 9.37 Å². The Hall–Kier alpha value is -3.71. The Kier molecular flexibility index (Phi) is 5.09. The summed E-state index contributed by atoms with van der Waals surface area (Å²) in [6.07, 6.45) is 0. The van der Waals surface area contributed by atoms with Crippen LogP contribution < -0.4 is 14.8 Å². The largest absolute Gasteiger partial charge is 0.454 e. The summed E-state index contributed by atoms with van der Waals surface area (Å²) >= 11 is 1.57. The maximum Gasteiger partial charge on any atom is 0.251 e. The number of benzene rings is 3. The average Bonchev–Trinajstić information content (AvgIpc) is 3.47. The number of nitrogens with zero attached hydrogens (tertiary/aromatic N) is 1. The number of hydrogen-bond donors (Lipinski definition) is 1. The summed E-state index contributed by atoms with van der Waals surface area (Å²) in [5, 5.41) is 5.77. The van der Waals surface area contributed by atoms with Crippen molar-refractivity contribution in [2.24, 2.45) is 0 Å². The van der Waals surface area contributed by atoms with Gasteiger partial charge in [-0.15, -0.1) is 11.3 Å². The van der Waals surface area contributed by atoms with E-state index in [9.17, 15) is 9.18 Å². The monoisotopic (exact) mass is 432 g/mol. The smallest absolute Gasteiger partial charge is 0.251 e. The average molecular weight is 432 g/mol. The summed E-state index contributed by atoms with van der Waals surface area (Å²) in [4.78, 5) is 16.9. The van der Waals surface area contributed by atoms with E-state index in [1.807, 2.05) is 47.8 Å². The van der Waals surface area contributed by atoms with Crippen LogP contribution in [0.25, 0.3) is 21.8 Å². The molecule has 154 valence electrons. The van der Waals surface area contributed by atoms with Crippen LogP contribution in [0, 0.1) is 5.82 Å². The van der Waals surface area contributed by atoms with Gasteiger partial charge in [0.2, 0.25) is 6.79 Å². The number of hydrogen-bond acceptors (Lipinski definition) is 5. The second-order valence-corrected chi connectivity index (χ2v) is 7.85. The van der Waals surface area contributed by atoms with Gasteiger partial charge in [0.05, 0.1) is 5.69 Å². The number of carbonyl (C=O) groups excluding carboxylic acids is 1. The van der Waals surface area contributed by atoms with Crippen molar-refractivity contribution in [3.05, 3.63) is 89.1 Å². The number of ether oxygens (including phenoxy) is 2. The number of rotatable bonds is 5. The topological polar surface area (TPSA) is 60.5 Å². The van der Waals surface area contributed by atoms with Crippen molar-refractivity contribution < 1.29 is 18.7 Å². The molecular formula is C24H17FN2O3S. The Balaban J connectivity index is 1.25. The van der Waals surface area contributed by atoms with E-state index in [4.69, 9.17) is 14.5 Å². The molecule has 5 nitrogen and oxygen atoms in total. The molecule has 0 atom stereocenters. The first kappa shape index (κ1) is 19.3. The van der Waals surface area contributed by atoms with Gasteiger partial charge in [0.25, 0.3) is 5.91 Å². The minimum atomic E-state index is -0.365. The fourth-order valence-corrected chi connectivity index (χ4v) is 4.08. The third kappa shape index (κ3) is 4.13. The highest BCUT2D eigenvalue weighted by Crippen LogP contribution is 2.37. The van der Waals surface area contributed by atoms with E-state index in [1.165, 1.54) is 24.3 Å². The van der Waals surface area contributed by atoms with Crippen molar-refractivity contribution in [2.75, 3.05) is 6.79 Å². The van der Waals surface area contributed by atoms with Crippen LogP contribution in [0.2, 0.25) is 0 Å². The number of thiazole rings is 1. The SMILES string of the molecule is O=C(NCc1ccc(-c2nc(-c3ccc4c(c3)OCO4)cs2)cc1)c1ccc(F)cc1. The summed E-state index contributed by atoms with van der Waals surface area (Å²) in [6.45, 7) is 0.634. The lowest BCUT2D eigenvalue weighted by Gasteiger charge is -2.06. The van der Waals surface area contributed by atoms with E-state index in [-0.39, 0.29) is 18.5 Å². The highest BCUT2D eigenvalue weighted by molar-refractivity contribution is 7.13. The molecule has 5 rings (SSSR count). The Bertz CT molecular complexity index is 1240. The van der Waals surface area contributed by atoms with Gasteiger partial charge in [-0.3, -0.25) is 4.79 Å². The summed E-state index contributed by atoms with van der Waals surface area (Å²) in [6, 6.07) is 19.2. The molecule has 0 fully saturated rings. The molecule has 0 unspecified atom stereocenters. The van der Waals surface area contributed by atoms with E-state index in [0.717, 1.165) is 38.9 Å². The predicted molar refractivity (Wildman–Crippen MR) is 117 cm³/mol. The fraction of sp³-hybridized carbons (Fsp3) is 0.0833. The van der Waals surface area contributed by atoms with Crippen LogP contribution in [0.4, 0.5) is 4.39 Å². The van der Waals surface area contributed by atoms with Crippen molar-refractivity contribution in [3.63, 3.8) is 0 Å². The minimum absolute atomic E-state index is 0.239. The number of aromatic nitrogens is 1. The summed E-state index contributed by atoms with van der Waals surface area (Å²) < 4.78 is 23.8.